The van der Waals surface area contributed by atoms with E-state index in [9.17, 15) is 14.7 Å². The molecule has 2 rings (SSSR count). The maximum atomic E-state index is 12.9. The van der Waals surface area contributed by atoms with E-state index in [1.165, 1.54) is 17.0 Å². The largest absolute Gasteiger partial charge is 0.480 e. The molecule has 1 N–H and O–H groups in total. The number of carbonyl (C=O) groups is 2. The lowest BCUT2D eigenvalue weighted by Gasteiger charge is -2.29. The Labute approximate surface area is 157 Å². The highest BCUT2D eigenvalue weighted by Crippen LogP contribution is 2.24. The zero-order valence-corrected chi connectivity index (χ0v) is 15.3. The molecule has 132 valence electrons. The summed E-state index contributed by atoms with van der Waals surface area (Å²) in [6.45, 7) is 2.22. The Morgan fingerprint density at radius 2 is 1.80 bits per heavy atom. The minimum atomic E-state index is -1.05. The molecule has 0 fully saturated rings. The molecule has 0 unspecified atom stereocenters. The Morgan fingerprint density at radius 1 is 1.12 bits per heavy atom. The molecule has 0 heterocycles. The highest BCUT2D eigenvalue weighted by atomic mass is 35.5. The molecule has 4 nitrogen and oxygen atoms in total. The minimum absolute atomic E-state index is 0.211. The number of amides is 1. The molecule has 2 aromatic carbocycles. The fraction of sp³-hybridized carbons (Fsp3) is 0.263. The first kappa shape index (κ1) is 19.3. The van der Waals surface area contributed by atoms with Gasteiger partial charge in [0.2, 0.25) is 0 Å². The second kappa shape index (κ2) is 8.88. The smallest absolute Gasteiger partial charge is 0.326 e. The molecule has 0 saturated heterocycles. The third-order valence-corrected chi connectivity index (χ3v) is 4.37. The number of benzene rings is 2. The molecule has 2 aromatic rings. The van der Waals surface area contributed by atoms with Crippen LogP contribution in [0.2, 0.25) is 10.0 Å². The number of hydrogen-bond donors (Lipinski definition) is 1. The van der Waals surface area contributed by atoms with Crippen LogP contribution in [0.4, 0.5) is 0 Å². The second-order valence-electron chi connectivity index (χ2n) is 5.67. The van der Waals surface area contributed by atoms with Gasteiger partial charge in [-0.25, -0.2) is 4.79 Å². The van der Waals surface area contributed by atoms with Gasteiger partial charge in [-0.3, -0.25) is 4.79 Å². The number of halogens is 2. The number of hydrogen-bond acceptors (Lipinski definition) is 2. The van der Waals surface area contributed by atoms with Crippen LogP contribution < -0.4 is 0 Å². The van der Waals surface area contributed by atoms with Crippen molar-refractivity contribution >= 4 is 35.1 Å². The first-order chi connectivity index (χ1) is 11.9. The molecule has 0 saturated carbocycles. The number of nitrogens with zero attached hydrogens (tertiary/aromatic N) is 1. The molecule has 0 aromatic heterocycles. The lowest BCUT2D eigenvalue weighted by Crippen LogP contribution is -2.47. The topological polar surface area (TPSA) is 57.6 Å². The lowest BCUT2D eigenvalue weighted by molar-refractivity contribution is -0.142. The van der Waals surface area contributed by atoms with Crippen molar-refractivity contribution in [3.8, 4) is 0 Å². The van der Waals surface area contributed by atoms with E-state index in [-0.39, 0.29) is 17.0 Å². The Kier molecular flexibility index (Phi) is 6.85. The van der Waals surface area contributed by atoms with Crippen molar-refractivity contribution in [3.05, 3.63) is 69.7 Å². The predicted molar refractivity (Wildman–Crippen MR) is 99.4 cm³/mol. The molecule has 1 amide bonds. The lowest BCUT2D eigenvalue weighted by atomic mass is 10.0. The maximum Gasteiger partial charge on any atom is 0.326 e. The molecular weight excluding hydrogens is 361 g/mol. The van der Waals surface area contributed by atoms with Gasteiger partial charge >= 0.3 is 5.97 Å². The summed E-state index contributed by atoms with van der Waals surface area (Å²) in [6, 6.07) is 12.8. The Morgan fingerprint density at radius 3 is 2.36 bits per heavy atom. The molecule has 25 heavy (non-hydrogen) atoms. The van der Waals surface area contributed by atoms with Crippen LogP contribution >= 0.6 is 23.2 Å². The van der Waals surface area contributed by atoms with Gasteiger partial charge in [0.1, 0.15) is 6.04 Å². The van der Waals surface area contributed by atoms with Crippen molar-refractivity contribution in [1.82, 2.24) is 4.90 Å². The number of carboxylic acid groups (broad SMARTS) is 1. The molecule has 0 aliphatic rings. The summed E-state index contributed by atoms with van der Waals surface area (Å²) < 4.78 is 0. The maximum absolute atomic E-state index is 12.9. The summed E-state index contributed by atoms with van der Waals surface area (Å²) in [4.78, 5) is 26.2. The molecule has 0 bridgehead atoms. The van der Waals surface area contributed by atoms with Crippen LogP contribution in [-0.4, -0.2) is 34.5 Å². The van der Waals surface area contributed by atoms with Crippen LogP contribution in [0.15, 0.2) is 48.5 Å². The average molecular weight is 380 g/mol. The number of carboxylic acids is 1. The van der Waals surface area contributed by atoms with Gasteiger partial charge < -0.3 is 10.0 Å². The van der Waals surface area contributed by atoms with Gasteiger partial charge in [-0.05, 0) is 30.2 Å². The number of aliphatic carboxylic acids is 1. The van der Waals surface area contributed by atoms with Gasteiger partial charge in [-0.15, -0.1) is 0 Å². The van der Waals surface area contributed by atoms with E-state index in [4.69, 9.17) is 23.2 Å². The van der Waals surface area contributed by atoms with Crippen molar-refractivity contribution in [2.45, 2.75) is 25.8 Å². The van der Waals surface area contributed by atoms with E-state index in [1.807, 2.05) is 37.3 Å². The van der Waals surface area contributed by atoms with Crippen molar-refractivity contribution < 1.29 is 14.7 Å². The number of carbonyl (C=O) groups excluding carboxylic acids is 1. The van der Waals surface area contributed by atoms with Gasteiger partial charge in [0.05, 0.1) is 10.6 Å². The Balaban J connectivity index is 2.35. The monoisotopic (exact) mass is 379 g/mol. The third kappa shape index (κ3) is 4.97. The van der Waals surface area contributed by atoms with Crippen LogP contribution in [0.1, 0.15) is 29.3 Å². The van der Waals surface area contributed by atoms with Crippen molar-refractivity contribution in [3.63, 3.8) is 0 Å². The zero-order valence-electron chi connectivity index (χ0n) is 13.8. The molecule has 6 heteroatoms. The van der Waals surface area contributed by atoms with E-state index in [1.54, 1.807) is 6.07 Å². The quantitative estimate of drug-likeness (QED) is 0.767. The highest BCUT2D eigenvalue weighted by Gasteiger charge is 2.30. The number of rotatable bonds is 7. The van der Waals surface area contributed by atoms with Crippen molar-refractivity contribution in [2.24, 2.45) is 0 Å². The van der Waals surface area contributed by atoms with Crippen LogP contribution in [-0.2, 0) is 11.2 Å². The fourth-order valence-electron chi connectivity index (χ4n) is 2.63. The fourth-order valence-corrected chi connectivity index (χ4v) is 3.11. The van der Waals surface area contributed by atoms with Gasteiger partial charge in [-0.2, -0.15) is 0 Å². The van der Waals surface area contributed by atoms with Gasteiger partial charge in [0.15, 0.2) is 0 Å². The molecule has 1 atom stereocenters. The Hall–Kier alpha value is -2.04. The van der Waals surface area contributed by atoms with E-state index in [0.29, 0.717) is 18.0 Å². The van der Waals surface area contributed by atoms with E-state index >= 15 is 0 Å². The zero-order chi connectivity index (χ0) is 18.4. The van der Waals surface area contributed by atoms with Gasteiger partial charge in [0, 0.05) is 18.0 Å². The first-order valence-electron chi connectivity index (χ1n) is 7.96. The highest BCUT2D eigenvalue weighted by molar-refractivity contribution is 6.36. The van der Waals surface area contributed by atoms with Crippen molar-refractivity contribution in [2.75, 3.05) is 6.54 Å². The van der Waals surface area contributed by atoms with E-state index in [0.717, 1.165) is 5.56 Å². The van der Waals surface area contributed by atoms with Gasteiger partial charge in [0.25, 0.3) is 5.91 Å². The molecule has 0 radical (unpaired) electrons. The summed E-state index contributed by atoms with van der Waals surface area (Å²) in [5.41, 5.74) is 1.10. The SMILES string of the molecule is CCCN(C(=O)c1ccc(Cl)cc1Cl)[C@@H](Cc1ccccc1)C(=O)O. The molecule has 0 aliphatic heterocycles. The van der Waals surface area contributed by atoms with Crippen LogP contribution in [0.5, 0.6) is 0 Å². The molecule has 0 spiro atoms. The summed E-state index contributed by atoms with van der Waals surface area (Å²) >= 11 is 12.0. The molecular formula is C19H19Cl2NO3. The second-order valence-corrected chi connectivity index (χ2v) is 6.51. The third-order valence-electron chi connectivity index (χ3n) is 3.82. The predicted octanol–water partition coefficient (Wildman–Crippen LogP) is 4.54. The molecule has 0 aliphatic carbocycles. The van der Waals surface area contributed by atoms with Crippen LogP contribution in [0.3, 0.4) is 0 Å². The first-order valence-corrected chi connectivity index (χ1v) is 8.72. The van der Waals surface area contributed by atoms with Gasteiger partial charge in [-0.1, -0.05) is 60.5 Å². The summed E-state index contributed by atoms with van der Waals surface area (Å²) in [5, 5.41) is 10.3. The standard InChI is InChI=1S/C19H19Cl2NO3/c1-2-10-22(18(23)15-9-8-14(20)12-16(15)21)17(19(24)25)11-13-6-4-3-5-7-13/h3-9,12,17H,2,10-11H2,1H3,(H,24,25)/t17-/m0/s1. The summed E-state index contributed by atoms with van der Waals surface area (Å²) in [7, 11) is 0. The van der Waals surface area contributed by atoms with Crippen LogP contribution in [0.25, 0.3) is 0 Å². The van der Waals surface area contributed by atoms with Crippen LogP contribution in [0, 0.1) is 0 Å². The summed E-state index contributed by atoms with van der Waals surface area (Å²) in [6.07, 6.45) is 0.864. The average Bonchev–Trinajstić information content (AvgIpc) is 2.58. The minimum Gasteiger partial charge on any atom is -0.480 e. The summed E-state index contributed by atoms with van der Waals surface area (Å²) in [5.74, 6) is -1.46. The normalized spacial score (nSPS) is 11.8. The Bertz CT molecular complexity index is 750. The van der Waals surface area contributed by atoms with E-state index < -0.39 is 17.9 Å². The van der Waals surface area contributed by atoms with E-state index in [2.05, 4.69) is 0 Å². The van der Waals surface area contributed by atoms with Crippen molar-refractivity contribution in [1.29, 1.82) is 0 Å².